The molecule has 188 valence electrons. The van der Waals surface area contributed by atoms with Gasteiger partial charge in [0.05, 0.1) is 25.0 Å². The van der Waals surface area contributed by atoms with Crippen LogP contribution in [0.2, 0.25) is 0 Å². The molecule has 1 aromatic rings. The third kappa shape index (κ3) is 4.11. The van der Waals surface area contributed by atoms with Crippen molar-refractivity contribution in [1.82, 2.24) is 10.2 Å². The molecule has 1 aromatic carbocycles. The summed E-state index contributed by atoms with van der Waals surface area (Å²) in [7, 11) is 1.59. The van der Waals surface area contributed by atoms with E-state index < -0.39 is 29.6 Å². The number of carbonyl (C=O) groups excluding carboxylic acids is 3. The molecule has 1 spiro atoms. The Balaban J connectivity index is 1.40. The zero-order valence-electron chi connectivity index (χ0n) is 20.5. The van der Waals surface area contributed by atoms with E-state index in [1.54, 1.807) is 36.3 Å². The summed E-state index contributed by atoms with van der Waals surface area (Å²) < 4.78 is 11.6. The summed E-state index contributed by atoms with van der Waals surface area (Å²) in [6.45, 7) is 2.54. The van der Waals surface area contributed by atoms with Crippen molar-refractivity contribution in [2.45, 2.75) is 75.7 Å². The van der Waals surface area contributed by atoms with Gasteiger partial charge in [0.15, 0.2) is 0 Å². The molecule has 0 unspecified atom stereocenters. The van der Waals surface area contributed by atoms with Gasteiger partial charge < -0.3 is 25.0 Å². The van der Waals surface area contributed by atoms with Crippen LogP contribution in [-0.2, 0) is 19.1 Å². The third-order valence-corrected chi connectivity index (χ3v) is 7.99. The minimum Gasteiger partial charge on any atom is -0.497 e. The number of ether oxygens (including phenoxy) is 2. The van der Waals surface area contributed by atoms with E-state index in [1.165, 1.54) is 6.42 Å². The molecule has 8 heteroatoms. The van der Waals surface area contributed by atoms with Gasteiger partial charge in [0.1, 0.15) is 17.4 Å². The third-order valence-electron chi connectivity index (χ3n) is 7.99. The second kappa shape index (κ2) is 9.64. The number of likely N-dealkylation sites (tertiary alicyclic amines) is 1. The molecule has 4 aliphatic rings. The van der Waals surface area contributed by atoms with Crippen molar-refractivity contribution in [3.63, 3.8) is 0 Å². The lowest BCUT2D eigenvalue weighted by Crippen LogP contribution is -2.56. The molecule has 3 heterocycles. The Hall–Kier alpha value is -2.87. The number of nitrogens with one attached hydrogen (secondary N) is 2. The van der Waals surface area contributed by atoms with E-state index in [4.69, 9.17) is 9.47 Å². The quantitative estimate of drug-likeness (QED) is 0.557. The molecular weight excluding hydrogens is 446 g/mol. The number of carbonyl (C=O) groups is 3. The van der Waals surface area contributed by atoms with Crippen molar-refractivity contribution in [2.75, 3.05) is 19.0 Å². The molecule has 2 bridgehead atoms. The Kier molecular flexibility index (Phi) is 6.57. The highest BCUT2D eigenvalue weighted by atomic mass is 16.5. The Labute approximate surface area is 206 Å². The monoisotopic (exact) mass is 481 g/mol. The first kappa shape index (κ1) is 23.9. The largest absolute Gasteiger partial charge is 0.497 e. The highest BCUT2D eigenvalue weighted by Crippen LogP contribution is 2.55. The summed E-state index contributed by atoms with van der Waals surface area (Å²) >= 11 is 0. The number of anilines is 1. The fourth-order valence-corrected chi connectivity index (χ4v) is 6.26. The van der Waals surface area contributed by atoms with Gasteiger partial charge >= 0.3 is 0 Å². The first-order valence-electron chi connectivity index (χ1n) is 12.9. The van der Waals surface area contributed by atoms with E-state index in [-0.39, 0.29) is 23.8 Å². The van der Waals surface area contributed by atoms with Gasteiger partial charge in [-0.05, 0) is 43.5 Å². The number of rotatable bonds is 8. The van der Waals surface area contributed by atoms with Gasteiger partial charge in [-0.1, -0.05) is 44.8 Å². The standard InChI is InChI=1S/C27H35N3O5/c1-3-4-16-30-23(25(32)29-17-8-6-5-7-9-17)27-15-14-20(35-27)21(22(27)26(30)33)24(31)28-18-10-12-19(34-2)13-11-18/h10-15,17,20-23H,3-9,16H2,1-2H3,(H,28,31)(H,29,32)/t20-,21-,22-,23+,27+/m1/s1. The first-order valence-corrected chi connectivity index (χ1v) is 12.9. The van der Waals surface area contributed by atoms with Gasteiger partial charge in [0, 0.05) is 18.3 Å². The second-order valence-corrected chi connectivity index (χ2v) is 10.1. The van der Waals surface area contributed by atoms with Crippen LogP contribution in [0.5, 0.6) is 5.75 Å². The molecule has 8 nitrogen and oxygen atoms in total. The van der Waals surface area contributed by atoms with Crippen LogP contribution in [0.4, 0.5) is 5.69 Å². The molecule has 5 atom stereocenters. The van der Waals surface area contributed by atoms with Crippen molar-refractivity contribution in [3.8, 4) is 5.75 Å². The van der Waals surface area contributed by atoms with E-state index in [0.29, 0.717) is 18.0 Å². The Morgan fingerprint density at radius 2 is 1.89 bits per heavy atom. The number of fused-ring (bicyclic) bond motifs is 1. The number of hydrogen-bond donors (Lipinski definition) is 2. The highest BCUT2D eigenvalue weighted by Gasteiger charge is 2.72. The van der Waals surface area contributed by atoms with Crippen molar-refractivity contribution < 1.29 is 23.9 Å². The molecule has 3 fully saturated rings. The summed E-state index contributed by atoms with van der Waals surface area (Å²) in [6.07, 6.45) is 10.2. The molecule has 35 heavy (non-hydrogen) atoms. The molecule has 0 radical (unpaired) electrons. The molecule has 3 aliphatic heterocycles. The maximum absolute atomic E-state index is 13.8. The van der Waals surface area contributed by atoms with Crippen LogP contribution >= 0.6 is 0 Å². The summed E-state index contributed by atoms with van der Waals surface area (Å²) in [6, 6.07) is 6.45. The first-order chi connectivity index (χ1) is 17.0. The van der Waals surface area contributed by atoms with Crippen LogP contribution in [0.3, 0.4) is 0 Å². The van der Waals surface area contributed by atoms with Crippen LogP contribution in [0, 0.1) is 11.8 Å². The molecule has 2 saturated heterocycles. The van der Waals surface area contributed by atoms with Gasteiger partial charge in [0.25, 0.3) is 0 Å². The van der Waals surface area contributed by atoms with Crippen LogP contribution in [0.25, 0.3) is 0 Å². The van der Waals surface area contributed by atoms with Gasteiger partial charge in [-0.3, -0.25) is 14.4 Å². The van der Waals surface area contributed by atoms with E-state index in [1.807, 2.05) is 12.2 Å². The molecule has 0 aromatic heterocycles. The number of amides is 3. The topological polar surface area (TPSA) is 97.0 Å². The summed E-state index contributed by atoms with van der Waals surface area (Å²) in [5, 5.41) is 6.15. The van der Waals surface area contributed by atoms with Crippen molar-refractivity contribution in [3.05, 3.63) is 36.4 Å². The number of unbranched alkanes of at least 4 members (excludes halogenated alkanes) is 1. The Morgan fingerprint density at radius 1 is 1.14 bits per heavy atom. The lowest BCUT2D eigenvalue weighted by atomic mass is 9.74. The summed E-state index contributed by atoms with van der Waals surface area (Å²) in [5.41, 5.74) is -0.479. The van der Waals surface area contributed by atoms with Gasteiger partial charge in [-0.15, -0.1) is 0 Å². The summed E-state index contributed by atoms with van der Waals surface area (Å²) in [5.74, 6) is -1.30. The lowest BCUT2D eigenvalue weighted by Gasteiger charge is -2.34. The fourth-order valence-electron chi connectivity index (χ4n) is 6.26. The number of methoxy groups -OCH3 is 1. The number of hydrogen-bond acceptors (Lipinski definition) is 5. The Morgan fingerprint density at radius 3 is 2.57 bits per heavy atom. The predicted molar refractivity (Wildman–Crippen MR) is 131 cm³/mol. The zero-order valence-corrected chi connectivity index (χ0v) is 20.5. The molecule has 1 aliphatic carbocycles. The second-order valence-electron chi connectivity index (χ2n) is 10.1. The van der Waals surface area contributed by atoms with E-state index in [0.717, 1.165) is 38.5 Å². The zero-order chi connectivity index (χ0) is 24.6. The van der Waals surface area contributed by atoms with Crippen LogP contribution in [-0.4, -0.2) is 60.1 Å². The predicted octanol–water partition coefficient (Wildman–Crippen LogP) is 3.03. The van der Waals surface area contributed by atoms with Gasteiger partial charge in [0.2, 0.25) is 17.7 Å². The minimum atomic E-state index is -1.10. The molecule has 3 amide bonds. The van der Waals surface area contributed by atoms with Crippen molar-refractivity contribution >= 4 is 23.4 Å². The van der Waals surface area contributed by atoms with Gasteiger partial charge in [-0.25, -0.2) is 0 Å². The maximum atomic E-state index is 13.8. The minimum absolute atomic E-state index is 0.131. The molecule has 2 N–H and O–H groups in total. The van der Waals surface area contributed by atoms with E-state index >= 15 is 0 Å². The SMILES string of the molecule is CCCCN1C(=O)[C@H]2[C@H](C(=O)Nc3ccc(OC)cc3)[C@H]3C=C[C@@]2(O3)[C@@H]1C(=O)NC1CCCCC1. The number of benzene rings is 1. The average molecular weight is 482 g/mol. The smallest absolute Gasteiger partial charge is 0.246 e. The highest BCUT2D eigenvalue weighted by molar-refractivity contribution is 6.02. The van der Waals surface area contributed by atoms with E-state index in [9.17, 15) is 14.4 Å². The maximum Gasteiger partial charge on any atom is 0.246 e. The normalized spacial score (nSPS) is 31.5. The lowest BCUT2D eigenvalue weighted by molar-refractivity contribution is -0.141. The molecule has 1 saturated carbocycles. The van der Waals surface area contributed by atoms with Crippen LogP contribution in [0.15, 0.2) is 36.4 Å². The van der Waals surface area contributed by atoms with Crippen LogP contribution < -0.4 is 15.4 Å². The fraction of sp³-hybridized carbons (Fsp3) is 0.593. The molecular formula is C27H35N3O5. The van der Waals surface area contributed by atoms with Crippen molar-refractivity contribution in [1.29, 1.82) is 0 Å². The van der Waals surface area contributed by atoms with E-state index in [2.05, 4.69) is 17.6 Å². The average Bonchev–Trinajstić information content (AvgIpc) is 3.51. The van der Waals surface area contributed by atoms with Crippen LogP contribution in [0.1, 0.15) is 51.9 Å². The Bertz CT molecular complexity index is 1000. The number of nitrogens with zero attached hydrogens (tertiary/aromatic N) is 1. The summed E-state index contributed by atoms with van der Waals surface area (Å²) in [4.78, 5) is 42.5. The van der Waals surface area contributed by atoms with Crippen molar-refractivity contribution in [2.24, 2.45) is 11.8 Å². The molecule has 5 rings (SSSR count). The van der Waals surface area contributed by atoms with Gasteiger partial charge in [-0.2, -0.15) is 0 Å².